The average Bonchev–Trinajstić information content (AvgIpc) is 2.56. The molecule has 4 aliphatic carbocycles. The lowest BCUT2D eigenvalue weighted by molar-refractivity contribution is -0.0882. The molecule has 4 fully saturated rings. The topological polar surface area (TPSA) is 46.2 Å². The van der Waals surface area contributed by atoms with Gasteiger partial charge in [0, 0.05) is 6.04 Å². The molecule has 0 heterocycles. The fourth-order valence-corrected chi connectivity index (χ4v) is 8.53. The molecule has 4 aliphatic rings. The predicted octanol–water partition coefficient (Wildman–Crippen LogP) is 5.47. The van der Waals surface area contributed by atoms with Crippen molar-refractivity contribution in [1.29, 1.82) is 0 Å². The number of nitrogens with one attached hydrogen (secondary N) is 1. The first-order chi connectivity index (χ1) is 12.9. The van der Waals surface area contributed by atoms with Gasteiger partial charge in [-0.05, 0) is 86.5 Å². The van der Waals surface area contributed by atoms with E-state index in [4.69, 9.17) is 0 Å². The van der Waals surface area contributed by atoms with Crippen LogP contribution in [0.15, 0.2) is 30.3 Å². The average molecular weight is 404 g/mol. The summed E-state index contributed by atoms with van der Waals surface area (Å²) in [7, 11) is -3.46. The molecule has 2 unspecified atom stereocenters. The van der Waals surface area contributed by atoms with E-state index in [0.717, 1.165) is 11.5 Å². The molecule has 4 heteroatoms. The fourth-order valence-electron chi connectivity index (χ4n) is 7.05. The second kappa shape index (κ2) is 6.57. The first-order valence-corrected chi connectivity index (χ1v) is 12.5. The van der Waals surface area contributed by atoms with Crippen LogP contribution in [0.3, 0.4) is 0 Å². The molecule has 4 saturated carbocycles. The molecule has 4 bridgehead atoms. The van der Waals surface area contributed by atoms with E-state index in [1.807, 2.05) is 44.2 Å². The molecule has 0 aromatic heterocycles. The van der Waals surface area contributed by atoms with Crippen LogP contribution in [0.25, 0.3) is 0 Å². The number of benzene rings is 1. The molecule has 0 radical (unpaired) electrons. The third-order valence-corrected chi connectivity index (χ3v) is 9.90. The van der Waals surface area contributed by atoms with Gasteiger partial charge in [0.2, 0.25) is 10.0 Å². The maximum Gasteiger partial charge on any atom is 0.221 e. The minimum atomic E-state index is -3.46. The third-order valence-electron chi connectivity index (χ3n) is 7.74. The van der Waals surface area contributed by atoms with Crippen LogP contribution in [0.2, 0.25) is 0 Å². The zero-order chi connectivity index (χ0) is 20.4. The van der Waals surface area contributed by atoms with Gasteiger partial charge in [-0.3, -0.25) is 0 Å². The number of sulfonamides is 1. The van der Waals surface area contributed by atoms with Gasteiger partial charge in [-0.15, -0.1) is 0 Å². The monoisotopic (exact) mass is 403 g/mol. The first kappa shape index (κ1) is 20.4. The second-order valence-electron chi connectivity index (χ2n) is 11.7. The first-order valence-electron chi connectivity index (χ1n) is 11.0. The molecule has 1 N–H and O–H groups in total. The van der Waals surface area contributed by atoms with Crippen LogP contribution in [0.5, 0.6) is 0 Å². The van der Waals surface area contributed by atoms with Crippen molar-refractivity contribution in [2.75, 3.05) is 0 Å². The molecule has 5 rings (SSSR count). The van der Waals surface area contributed by atoms with E-state index < -0.39 is 14.8 Å². The molecule has 0 aliphatic heterocycles. The van der Waals surface area contributed by atoms with Crippen LogP contribution < -0.4 is 4.72 Å². The zero-order valence-electron chi connectivity index (χ0n) is 18.2. The summed E-state index contributed by atoms with van der Waals surface area (Å²) in [6, 6.07) is 9.75. The van der Waals surface area contributed by atoms with Gasteiger partial charge in [0.05, 0.1) is 0 Å². The van der Waals surface area contributed by atoms with Crippen molar-refractivity contribution in [3.05, 3.63) is 35.9 Å². The lowest BCUT2D eigenvalue weighted by Crippen LogP contribution is -2.61. The van der Waals surface area contributed by atoms with E-state index in [2.05, 4.69) is 25.5 Å². The van der Waals surface area contributed by atoms with Gasteiger partial charge < -0.3 is 0 Å². The summed E-state index contributed by atoms with van der Waals surface area (Å²) in [6.45, 7) is 10.7. The Hall–Kier alpha value is -0.870. The summed E-state index contributed by atoms with van der Waals surface area (Å²) < 4.78 is 29.2. The van der Waals surface area contributed by atoms with E-state index in [0.29, 0.717) is 22.7 Å². The third kappa shape index (κ3) is 3.56. The largest absolute Gasteiger partial charge is 0.221 e. The Bertz CT molecular complexity index is 806. The van der Waals surface area contributed by atoms with Gasteiger partial charge in [0.25, 0.3) is 0 Å². The minimum absolute atomic E-state index is 0.123. The molecule has 0 spiro atoms. The Morgan fingerprint density at radius 2 is 1.54 bits per heavy atom. The maximum atomic E-state index is 13.4. The lowest BCUT2D eigenvalue weighted by Gasteiger charge is -2.61. The molecular formula is C24H37NO2S. The SMILES string of the molecule is CC(C)(C)CC12CC3CC(C1)C(NS(=O)(=O)C(C)(C)c1ccccc1)C(C3)C2. The zero-order valence-corrected chi connectivity index (χ0v) is 19.0. The molecule has 0 saturated heterocycles. The van der Waals surface area contributed by atoms with Crippen molar-refractivity contribution in [3.63, 3.8) is 0 Å². The van der Waals surface area contributed by atoms with E-state index in [1.165, 1.54) is 38.5 Å². The van der Waals surface area contributed by atoms with Crippen LogP contribution in [-0.2, 0) is 14.8 Å². The highest BCUT2D eigenvalue weighted by Crippen LogP contribution is 2.63. The molecule has 0 amide bonds. The van der Waals surface area contributed by atoms with Crippen molar-refractivity contribution in [3.8, 4) is 0 Å². The van der Waals surface area contributed by atoms with Gasteiger partial charge in [-0.2, -0.15) is 0 Å². The van der Waals surface area contributed by atoms with Crippen LogP contribution in [0.1, 0.15) is 78.7 Å². The molecule has 3 nitrogen and oxygen atoms in total. The Morgan fingerprint density at radius 1 is 0.964 bits per heavy atom. The van der Waals surface area contributed by atoms with Crippen LogP contribution in [-0.4, -0.2) is 14.5 Å². The van der Waals surface area contributed by atoms with Crippen LogP contribution in [0.4, 0.5) is 0 Å². The maximum absolute atomic E-state index is 13.4. The standard InChI is InChI=1S/C24H37NO2S/c1-22(2,3)16-24-13-17-11-18(14-24)21(19(12-17)15-24)25-28(26,27)23(4,5)20-9-7-6-8-10-20/h6-10,17-19,21,25H,11-16H2,1-5H3. The van der Waals surface area contributed by atoms with E-state index >= 15 is 0 Å². The Morgan fingerprint density at radius 3 is 2.07 bits per heavy atom. The van der Waals surface area contributed by atoms with Crippen molar-refractivity contribution < 1.29 is 8.42 Å². The highest BCUT2D eigenvalue weighted by molar-refractivity contribution is 7.90. The van der Waals surface area contributed by atoms with Gasteiger partial charge >= 0.3 is 0 Å². The van der Waals surface area contributed by atoms with Crippen LogP contribution in [0, 0.1) is 28.6 Å². The normalized spacial score (nSPS) is 35.3. The van der Waals surface area contributed by atoms with E-state index in [9.17, 15) is 8.42 Å². The summed E-state index contributed by atoms with van der Waals surface area (Å²) >= 11 is 0. The van der Waals surface area contributed by atoms with E-state index in [1.54, 1.807) is 0 Å². The second-order valence-corrected chi connectivity index (χ2v) is 14.0. The molecule has 28 heavy (non-hydrogen) atoms. The summed E-state index contributed by atoms with van der Waals surface area (Å²) in [5.41, 5.74) is 1.65. The molecule has 1 aromatic rings. The van der Waals surface area contributed by atoms with Crippen molar-refractivity contribution in [2.45, 2.75) is 83.9 Å². The van der Waals surface area contributed by atoms with Crippen LogP contribution >= 0.6 is 0 Å². The van der Waals surface area contributed by atoms with Gasteiger partial charge in [-0.1, -0.05) is 51.1 Å². The summed E-state index contributed by atoms with van der Waals surface area (Å²) in [4.78, 5) is 0. The van der Waals surface area contributed by atoms with Crippen molar-refractivity contribution in [1.82, 2.24) is 4.72 Å². The lowest BCUT2D eigenvalue weighted by atomic mass is 9.46. The fraction of sp³-hybridized carbons (Fsp3) is 0.750. The van der Waals surface area contributed by atoms with E-state index in [-0.39, 0.29) is 6.04 Å². The molecule has 1 aromatic carbocycles. The number of rotatable bonds is 5. The summed E-state index contributed by atoms with van der Waals surface area (Å²) in [6.07, 6.45) is 7.47. The quantitative estimate of drug-likeness (QED) is 0.708. The minimum Gasteiger partial charge on any atom is -0.211 e. The highest BCUT2D eigenvalue weighted by Gasteiger charge is 2.57. The predicted molar refractivity (Wildman–Crippen MR) is 115 cm³/mol. The Balaban J connectivity index is 1.56. The van der Waals surface area contributed by atoms with Gasteiger partial charge in [-0.25, -0.2) is 13.1 Å². The highest BCUT2D eigenvalue weighted by atomic mass is 32.2. The molecule has 156 valence electrons. The van der Waals surface area contributed by atoms with Gasteiger partial charge in [0.1, 0.15) is 4.75 Å². The number of hydrogen-bond donors (Lipinski definition) is 1. The Labute approximate surface area is 171 Å². The summed E-state index contributed by atoms with van der Waals surface area (Å²) in [5, 5.41) is 0. The van der Waals surface area contributed by atoms with Gasteiger partial charge in [0.15, 0.2) is 0 Å². The smallest absolute Gasteiger partial charge is 0.211 e. The molecule has 2 atom stereocenters. The Kier molecular flexibility index (Phi) is 4.79. The molecular weight excluding hydrogens is 366 g/mol. The van der Waals surface area contributed by atoms with Crippen molar-refractivity contribution in [2.24, 2.45) is 28.6 Å². The summed E-state index contributed by atoms with van der Waals surface area (Å²) in [5.74, 6) is 1.83. The number of hydrogen-bond acceptors (Lipinski definition) is 2. The van der Waals surface area contributed by atoms with Crippen molar-refractivity contribution >= 4 is 10.0 Å².